The summed E-state index contributed by atoms with van der Waals surface area (Å²) in [5.41, 5.74) is 13.0. The predicted molar refractivity (Wildman–Crippen MR) is 65.7 cm³/mol. The van der Waals surface area contributed by atoms with Gasteiger partial charge < -0.3 is 21.3 Å². The maximum absolute atomic E-state index is 9.09. The second-order valence-electron chi connectivity index (χ2n) is 4.42. The monoisotopic (exact) mass is 249 g/mol. The summed E-state index contributed by atoms with van der Waals surface area (Å²) < 4.78 is 7.40. The number of anilines is 2. The number of rotatable bonds is 2. The van der Waals surface area contributed by atoms with Crippen LogP contribution >= 0.6 is 0 Å². The molecule has 1 fully saturated rings. The van der Waals surface area contributed by atoms with Crippen LogP contribution < -0.4 is 11.5 Å². The minimum Gasteiger partial charge on any atom is -0.394 e. The van der Waals surface area contributed by atoms with Crippen molar-refractivity contribution in [1.82, 2.24) is 14.6 Å². The number of hydrogen-bond donors (Lipinski definition) is 3. The highest BCUT2D eigenvalue weighted by atomic mass is 16.5. The molecule has 3 rings (SSSR count). The summed E-state index contributed by atoms with van der Waals surface area (Å²) in [4.78, 5) is 3.92. The Labute approximate surface area is 103 Å². The Morgan fingerprint density at radius 1 is 1.39 bits per heavy atom. The van der Waals surface area contributed by atoms with E-state index >= 15 is 0 Å². The van der Waals surface area contributed by atoms with E-state index in [0.717, 1.165) is 24.1 Å². The average molecular weight is 249 g/mol. The van der Waals surface area contributed by atoms with E-state index in [2.05, 4.69) is 10.1 Å². The number of hydrogen-bond acceptors (Lipinski definition) is 6. The molecular formula is C11H15N5O2. The van der Waals surface area contributed by atoms with Crippen LogP contribution in [0.5, 0.6) is 0 Å². The fourth-order valence-electron chi connectivity index (χ4n) is 2.36. The Morgan fingerprint density at radius 2 is 2.22 bits per heavy atom. The molecule has 18 heavy (non-hydrogen) atoms. The lowest BCUT2D eigenvalue weighted by Gasteiger charge is -2.12. The van der Waals surface area contributed by atoms with Gasteiger partial charge in [0.05, 0.1) is 18.4 Å². The first kappa shape index (κ1) is 11.2. The number of ether oxygens (including phenoxy) is 1. The summed E-state index contributed by atoms with van der Waals surface area (Å²) in [6, 6.07) is 3.75. The van der Waals surface area contributed by atoms with Crippen molar-refractivity contribution in [3.05, 3.63) is 17.8 Å². The smallest absolute Gasteiger partial charge is 0.240 e. The van der Waals surface area contributed by atoms with Crippen molar-refractivity contribution in [3.63, 3.8) is 0 Å². The van der Waals surface area contributed by atoms with E-state index in [4.69, 9.17) is 21.3 Å². The molecule has 0 spiro atoms. The number of aromatic nitrogens is 3. The van der Waals surface area contributed by atoms with Crippen molar-refractivity contribution in [2.75, 3.05) is 18.1 Å². The van der Waals surface area contributed by atoms with Gasteiger partial charge in [-0.15, -0.1) is 5.10 Å². The molecule has 1 aliphatic heterocycles. The molecular weight excluding hydrogens is 234 g/mol. The highest BCUT2D eigenvalue weighted by Crippen LogP contribution is 2.33. The topological polar surface area (TPSA) is 112 Å². The molecule has 0 radical (unpaired) electrons. The average Bonchev–Trinajstić information content (AvgIpc) is 2.93. The third-order valence-electron chi connectivity index (χ3n) is 3.23. The lowest BCUT2D eigenvalue weighted by atomic mass is 10.1. The van der Waals surface area contributed by atoms with Gasteiger partial charge in [-0.1, -0.05) is 0 Å². The third-order valence-corrected chi connectivity index (χ3v) is 3.23. The molecule has 7 heteroatoms. The molecule has 96 valence electrons. The molecule has 3 heterocycles. The van der Waals surface area contributed by atoms with E-state index < -0.39 is 0 Å². The standard InChI is InChI=1S/C11H15N5O2/c12-10-8-3-2-7(16(8)15-11(13)14-10)9-4-1-6(5-17)18-9/h2-3,6,9,17H,1,4-5H2,(H4,12,13,14,15)/t6-,9+/m0/s1. The molecule has 5 N–H and O–H groups in total. The summed E-state index contributed by atoms with van der Waals surface area (Å²) in [7, 11) is 0. The molecule has 0 aliphatic carbocycles. The summed E-state index contributed by atoms with van der Waals surface area (Å²) in [5.74, 6) is 0.486. The Kier molecular flexibility index (Phi) is 2.57. The van der Waals surface area contributed by atoms with Crippen molar-refractivity contribution >= 4 is 17.3 Å². The van der Waals surface area contributed by atoms with E-state index in [1.807, 2.05) is 12.1 Å². The maximum Gasteiger partial charge on any atom is 0.240 e. The normalized spacial score (nSPS) is 23.8. The highest BCUT2D eigenvalue weighted by molar-refractivity contribution is 5.66. The fraction of sp³-hybridized carbons (Fsp3) is 0.455. The molecule has 0 unspecified atom stereocenters. The highest BCUT2D eigenvalue weighted by Gasteiger charge is 2.28. The molecule has 2 atom stereocenters. The van der Waals surface area contributed by atoms with Crippen molar-refractivity contribution in [1.29, 1.82) is 0 Å². The van der Waals surface area contributed by atoms with Crippen LogP contribution in [-0.4, -0.2) is 32.4 Å². The summed E-state index contributed by atoms with van der Waals surface area (Å²) in [6.45, 7) is 0.0407. The van der Waals surface area contributed by atoms with E-state index in [0.29, 0.717) is 5.82 Å². The van der Waals surface area contributed by atoms with Gasteiger partial charge in [0.25, 0.3) is 0 Å². The molecule has 1 aliphatic rings. The molecule has 2 aromatic heterocycles. The molecule has 2 aromatic rings. The minimum atomic E-state index is -0.0999. The Morgan fingerprint density at radius 3 is 2.94 bits per heavy atom. The van der Waals surface area contributed by atoms with Crippen LogP contribution in [0.15, 0.2) is 12.1 Å². The van der Waals surface area contributed by atoms with Gasteiger partial charge in [0.1, 0.15) is 11.6 Å². The second-order valence-corrected chi connectivity index (χ2v) is 4.42. The van der Waals surface area contributed by atoms with E-state index in [9.17, 15) is 0 Å². The van der Waals surface area contributed by atoms with E-state index in [1.165, 1.54) is 0 Å². The van der Waals surface area contributed by atoms with Crippen molar-refractivity contribution < 1.29 is 9.84 Å². The number of fused-ring (bicyclic) bond motifs is 1. The largest absolute Gasteiger partial charge is 0.394 e. The Balaban J connectivity index is 2.03. The van der Waals surface area contributed by atoms with Crippen LogP contribution in [0.1, 0.15) is 24.6 Å². The second kappa shape index (κ2) is 4.11. The SMILES string of the molecule is Nc1nc(N)c2ccc([C@H]3CC[C@@H](CO)O3)n2n1. The number of nitrogen functional groups attached to an aromatic ring is 2. The summed E-state index contributed by atoms with van der Waals surface area (Å²) >= 11 is 0. The van der Waals surface area contributed by atoms with E-state index in [-0.39, 0.29) is 24.8 Å². The van der Waals surface area contributed by atoms with Gasteiger partial charge in [0.2, 0.25) is 5.95 Å². The minimum absolute atomic E-state index is 0.0407. The van der Waals surface area contributed by atoms with Gasteiger partial charge in [0.15, 0.2) is 5.82 Å². The Hall–Kier alpha value is -1.86. The van der Waals surface area contributed by atoms with Crippen LogP contribution in [0.2, 0.25) is 0 Å². The van der Waals surface area contributed by atoms with E-state index in [1.54, 1.807) is 4.52 Å². The van der Waals surface area contributed by atoms with Gasteiger partial charge in [-0.3, -0.25) is 0 Å². The first-order valence-corrected chi connectivity index (χ1v) is 5.86. The van der Waals surface area contributed by atoms with Crippen molar-refractivity contribution in [2.24, 2.45) is 0 Å². The zero-order valence-corrected chi connectivity index (χ0v) is 9.78. The van der Waals surface area contributed by atoms with Gasteiger partial charge >= 0.3 is 0 Å². The van der Waals surface area contributed by atoms with Gasteiger partial charge in [0, 0.05) is 0 Å². The zero-order valence-electron chi connectivity index (χ0n) is 9.78. The maximum atomic E-state index is 9.09. The van der Waals surface area contributed by atoms with Gasteiger partial charge in [-0.05, 0) is 25.0 Å². The molecule has 0 bridgehead atoms. The van der Waals surface area contributed by atoms with Crippen LogP contribution in [0.3, 0.4) is 0 Å². The van der Waals surface area contributed by atoms with Crippen molar-refractivity contribution in [3.8, 4) is 0 Å². The molecule has 0 saturated carbocycles. The molecule has 0 amide bonds. The molecule has 1 saturated heterocycles. The lowest BCUT2D eigenvalue weighted by Crippen LogP contribution is -2.13. The van der Waals surface area contributed by atoms with Gasteiger partial charge in [-0.2, -0.15) is 4.98 Å². The fourth-order valence-corrected chi connectivity index (χ4v) is 2.36. The quantitative estimate of drug-likeness (QED) is 0.696. The number of nitrogens with zero attached hydrogens (tertiary/aromatic N) is 3. The van der Waals surface area contributed by atoms with Crippen LogP contribution in [0, 0.1) is 0 Å². The number of aliphatic hydroxyl groups excluding tert-OH is 1. The Bertz CT molecular complexity index is 582. The van der Waals surface area contributed by atoms with Gasteiger partial charge in [-0.25, -0.2) is 4.52 Å². The number of nitrogens with two attached hydrogens (primary N) is 2. The summed E-state index contributed by atoms with van der Waals surface area (Å²) in [6.07, 6.45) is 1.50. The number of aliphatic hydroxyl groups is 1. The van der Waals surface area contributed by atoms with Crippen LogP contribution in [0.25, 0.3) is 5.52 Å². The van der Waals surface area contributed by atoms with Crippen LogP contribution in [-0.2, 0) is 4.74 Å². The van der Waals surface area contributed by atoms with Crippen LogP contribution in [0.4, 0.5) is 11.8 Å². The molecule has 0 aromatic carbocycles. The first-order chi connectivity index (χ1) is 8.69. The first-order valence-electron chi connectivity index (χ1n) is 5.86. The third kappa shape index (κ3) is 1.68. The zero-order chi connectivity index (χ0) is 12.7. The van der Waals surface area contributed by atoms with Crippen molar-refractivity contribution in [2.45, 2.75) is 25.0 Å². The summed E-state index contributed by atoms with van der Waals surface area (Å²) in [5, 5.41) is 13.2. The molecule has 7 nitrogen and oxygen atoms in total. The predicted octanol–water partition coefficient (Wildman–Crippen LogP) is 0.106. The lowest BCUT2D eigenvalue weighted by molar-refractivity contribution is 0.00857.